The van der Waals surface area contributed by atoms with Gasteiger partial charge in [-0.05, 0) is 333 Å². The SMILES string of the molecule is Cc1cc(NC(=O)c2ccc(C)c(Nc3nccc(-c4cccnc4)n3)c2)cc(-n2cnc(C)c2)c1.[2H]C([2H])([2H])c1ccc(C(=O)Nc2cc(C)cc(-n3ccc(C)c3)c2)cc1Nc1nccc(-c2cccnc2)n1.[2H]C([2H])([2H])c1ccc(C(=O)Nc2cc(C)cc(-n3cnc(C)c3)c2)cc1Nc1nccc(-c2cccnc2)n1.[2H]c1c(C)c([2H])c(-n2cnc(C)c2)c([2H])c1NC(=O)c1ccc(C([2H])([2H])[2H])c(Nc2nccc(-c3cccnc3)n2)c1. The molecule has 20 rings (SSSR count). The number of nitrogens with zero attached hydrogens (tertiary/aromatic N) is 19. The van der Waals surface area contributed by atoms with Gasteiger partial charge in [-0.1, -0.05) is 24.3 Å². The highest BCUT2D eigenvalue weighted by molar-refractivity contribution is 6.08. The molecule has 0 aliphatic heterocycles. The van der Waals surface area contributed by atoms with E-state index >= 15 is 0 Å². The molecule has 712 valence electrons. The zero-order valence-corrected chi connectivity index (χ0v) is 79.3. The predicted octanol–water partition coefficient (Wildman–Crippen LogP) is 23.2. The fraction of sp³-hybridized carbons (Fsp3) is 0.106. The van der Waals surface area contributed by atoms with E-state index in [1.165, 1.54) is 71.7 Å². The highest BCUT2D eigenvalue weighted by Crippen LogP contribution is 2.33. The first-order valence-electron chi connectivity index (χ1n) is 51.1. The first-order valence-corrected chi connectivity index (χ1v) is 45.1. The molecule has 12 heterocycles. The van der Waals surface area contributed by atoms with Gasteiger partial charge in [-0.2, -0.15) is 0 Å². The number of amides is 4. The highest BCUT2D eigenvalue weighted by Gasteiger charge is 2.20. The Kier molecular flexibility index (Phi) is 25.2. The first-order chi connectivity index (χ1) is 74.7. The van der Waals surface area contributed by atoms with Crippen molar-refractivity contribution in [1.82, 2.24) is 93.0 Å². The molecule has 0 unspecified atom stereocenters. The largest absolute Gasteiger partial charge is 0.324 e. The van der Waals surface area contributed by atoms with Gasteiger partial charge in [0.05, 0.1) is 63.0 Å². The van der Waals surface area contributed by atoms with Gasteiger partial charge in [-0.3, -0.25) is 39.1 Å². The highest BCUT2D eigenvalue weighted by atomic mass is 16.2. The fourth-order valence-electron chi connectivity index (χ4n) is 15.0. The number of pyridine rings is 4. The van der Waals surface area contributed by atoms with Crippen LogP contribution in [0.15, 0.2) is 349 Å². The van der Waals surface area contributed by atoms with Crippen molar-refractivity contribution in [2.45, 2.75) is 82.9 Å². The van der Waals surface area contributed by atoms with Crippen molar-refractivity contribution in [3.8, 4) is 67.8 Å². The minimum Gasteiger partial charge on any atom is -0.324 e. The Morgan fingerprint density at radius 1 is 0.278 bits per heavy atom. The van der Waals surface area contributed by atoms with Gasteiger partial charge in [0, 0.05) is 230 Å². The lowest BCUT2D eigenvalue weighted by Gasteiger charge is -2.13. The lowest BCUT2D eigenvalue weighted by Crippen LogP contribution is -2.13. The van der Waals surface area contributed by atoms with Crippen LogP contribution in [-0.2, 0) is 0 Å². The van der Waals surface area contributed by atoms with Crippen LogP contribution in [0.4, 0.5) is 69.3 Å². The number of hydrogen-bond acceptors (Lipinski definition) is 23. The number of imidazole rings is 3. The lowest BCUT2D eigenvalue weighted by atomic mass is 10.1. The summed E-state index contributed by atoms with van der Waals surface area (Å²) in [6.45, 7) is 9.72. The van der Waals surface area contributed by atoms with E-state index in [4.69, 9.17) is 16.4 Å². The second kappa shape index (κ2) is 44.4. The van der Waals surface area contributed by atoms with Crippen molar-refractivity contribution < 1.29 is 35.6 Å². The summed E-state index contributed by atoms with van der Waals surface area (Å²) in [6, 6.07) is 59.1. The first kappa shape index (κ1) is 81.8. The average Bonchev–Trinajstić information content (AvgIpc) is 1.34. The van der Waals surface area contributed by atoms with E-state index in [-0.39, 0.29) is 115 Å². The van der Waals surface area contributed by atoms with Crippen molar-refractivity contribution in [1.29, 1.82) is 0 Å². The van der Waals surface area contributed by atoms with E-state index in [2.05, 4.69) is 117 Å². The van der Waals surface area contributed by atoms with Crippen molar-refractivity contribution in [3.05, 3.63) is 438 Å². The number of aryl methyl sites for hydroxylation is 11. The molecule has 31 heteroatoms. The Hall–Kier alpha value is -19.3. The third-order valence-corrected chi connectivity index (χ3v) is 22.0. The number of benzene rings is 8. The zero-order chi connectivity index (χ0) is 110. The molecular formula is C113H101N27O4. The molecule has 0 aliphatic carbocycles. The molecule has 12 aromatic heterocycles. The van der Waals surface area contributed by atoms with Crippen molar-refractivity contribution >= 4 is 92.9 Å². The minimum absolute atomic E-state index is 0.0255. The van der Waals surface area contributed by atoms with Crippen molar-refractivity contribution in [3.63, 3.8) is 0 Å². The molecule has 8 N–H and O–H groups in total. The smallest absolute Gasteiger partial charge is 0.255 e. The second-order valence-electron chi connectivity index (χ2n) is 33.4. The number of rotatable bonds is 24. The Balaban J connectivity index is 0.000000141. The van der Waals surface area contributed by atoms with Crippen molar-refractivity contribution in [2.75, 3.05) is 42.5 Å². The molecule has 0 saturated carbocycles. The average molecular weight is 1910 g/mol. The van der Waals surface area contributed by atoms with Gasteiger partial charge in [-0.15, -0.1) is 0 Å². The maximum atomic E-state index is 13.4. The monoisotopic (exact) mass is 1910 g/mol. The molecule has 0 saturated heterocycles. The molecule has 144 heavy (non-hydrogen) atoms. The van der Waals surface area contributed by atoms with Crippen LogP contribution in [0.1, 0.15) is 125 Å². The molecule has 0 atom stereocenters. The lowest BCUT2D eigenvalue weighted by molar-refractivity contribution is 0.101. The van der Waals surface area contributed by atoms with Crippen LogP contribution in [0.25, 0.3) is 67.8 Å². The van der Waals surface area contributed by atoms with Crippen LogP contribution >= 0.6 is 0 Å². The summed E-state index contributed by atoms with van der Waals surface area (Å²) < 4.78 is 105. The number of nitrogens with one attached hydrogen (secondary N) is 8. The topological polar surface area (TPSA) is 378 Å². The Bertz CT molecular complexity index is 8380. The molecule has 0 radical (unpaired) electrons. The number of hydrogen-bond donors (Lipinski definition) is 8. The van der Waals surface area contributed by atoms with E-state index in [0.717, 1.165) is 89.9 Å². The molecule has 0 bridgehead atoms. The van der Waals surface area contributed by atoms with Gasteiger partial charge in [0.2, 0.25) is 23.8 Å². The number of aromatic nitrogens is 19. The number of carbonyl (C=O) groups excluding carboxylic acids is 4. The normalized spacial score (nSPS) is 12.2. The van der Waals surface area contributed by atoms with E-state index in [0.29, 0.717) is 51.3 Å². The van der Waals surface area contributed by atoms with Gasteiger partial charge in [0.25, 0.3) is 23.6 Å². The third-order valence-electron chi connectivity index (χ3n) is 22.0. The quantitative estimate of drug-likeness (QED) is 0.0278. The van der Waals surface area contributed by atoms with Gasteiger partial charge < -0.3 is 60.8 Å². The Morgan fingerprint density at radius 3 is 0.889 bits per heavy atom. The van der Waals surface area contributed by atoms with E-state index < -0.39 is 32.4 Å². The second-order valence-corrected chi connectivity index (χ2v) is 33.4. The molecule has 0 spiro atoms. The van der Waals surface area contributed by atoms with E-state index in [9.17, 15) is 19.2 Å². The number of anilines is 12. The summed E-state index contributed by atoms with van der Waals surface area (Å²) in [5.41, 5.74) is 20.8. The summed E-state index contributed by atoms with van der Waals surface area (Å²) in [4.78, 5) is 117. The zero-order valence-electron chi connectivity index (χ0n) is 91.3. The molecule has 0 fully saturated rings. The standard InChI is InChI=1S/C29H26N6O.3C28H25N7O/c1-19-9-12-35(18-19)25-14-20(2)13-24(16-25)32-28(36)22-7-6-21(3)27(15-22)34-29-31-11-8-26(33-29)23-5-4-10-30-17-23;3*1-18-11-23(14-24(12-18)35-16-20(3)31-17-35)32-27(36)21-7-6-19(2)26(13-21)34-28-30-10-8-25(33-28)22-5-4-9-29-15-22/h4-18H,1-3H3,(H,32,36)(H,31,33,34);3*4-17H,1-3H3,(H,32,36)(H,30,33,34)/i3D3;2D3,11D,12D,14D;2D3;. The summed E-state index contributed by atoms with van der Waals surface area (Å²) in [6.07, 6.45) is 34.2. The Labute approximate surface area is 848 Å². The van der Waals surface area contributed by atoms with Crippen LogP contribution < -0.4 is 42.5 Å². The van der Waals surface area contributed by atoms with Gasteiger partial charge in [0.15, 0.2) is 0 Å². The third kappa shape index (κ3) is 25.2. The van der Waals surface area contributed by atoms with Crippen LogP contribution in [-0.4, -0.2) is 117 Å². The van der Waals surface area contributed by atoms with E-state index in [1.54, 1.807) is 149 Å². The van der Waals surface area contributed by atoms with Gasteiger partial charge in [0.1, 0.15) is 0 Å². The molecular weight excluding hydrogens is 1800 g/mol. The van der Waals surface area contributed by atoms with Crippen LogP contribution in [0.5, 0.6) is 0 Å². The van der Waals surface area contributed by atoms with Crippen molar-refractivity contribution in [2.24, 2.45) is 0 Å². The summed E-state index contributed by atoms with van der Waals surface area (Å²) in [5, 5.41) is 23.7. The summed E-state index contributed by atoms with van der Waals surface area (Å²) in [5.74, 6) is -0.699. The fourth-order valence-corrected chi connectivity index (χ4v) is 15.0. The molecule has 0 aliphatic rings. The molecule has 4 amide bonds. The molecule has 20 aromatic rings. The Morgan fingerprint density at radius 2 is 0.590 bits per heavy atom. The summed E-state index contributed by atoms with van der Waals surface area (Å²) >= 11 is 0. The minimum atomic E-state index is -2.51. The van der Waals surface area contributed by atoms with Crippen LogP contribution in [0.3, 0.4) is 0 Å². The van der Waals surface area contributed by atoms with Crippen LogP contribution in [0, 0.1) is 82.9 Å². The summed E-state index contributed by atoms with van der Waals surface area (Å²) in [7, 11) is 0. The van der Waals surface area contributed by atoms with Crippen LogP contribution in [0.2, 0.25) is 0 Å². The van der Waals surface area contributed by atoms with Gasteiger partial charge in [-0.25, -0.2) is 54.8 Å². The van der Waals surface area contributed by atoms with E-state index in [1.807, 2.05) is 190 Å². The predicted molar refractivity (Wildman–Crippen MR) is 565 cm³/mol. The van der Waals surface area contributed by atoms with Gasteiger partial charge >= 0.3 is 0 Å². The number of carbonyl (C=O) groups is 4. The maximum Gasteiger partial charge on any atom is 0.255 e. The molecule has 8 aromatic carbocycles. The molecule has 31 nitrogen and oxygen atoms in total. The maximum absolute atomic E-state index is 13.4.